The molecule has 1 N–H and O–H groups in total. The fourth-order valence-electron chi connectivity index (χ4n) is 3.65. The molecule has 0 fully saturated rings. The average Bonchev–Trinajstić information content (AvgIpc) is 3.21. The maximum absolute atomic E-state index is 13.1. The van der Waals surface area contributed by atoms with Gasteiger partial charge in [-0.3, -0.25) is 14.5 Å². The zero-order valence-electron chi connectivity index (χ0n) is 18.5. The fourth-order valence-corrected chi connectivity index (χ4v) is 4.28. The Kier molecular flexibility index (Phi) is 6.14. The Morgan fingerprint density at radius 3 is 2.75 bits per heavy atom. The Bertz CT molecular complexity index is 1170. The summed E-state index contributed by atoms with van der Waals surface area (Å²) < 4.78 is 11.3. The summed E-state index contributed by atoms with van der Waals surface area (Å²) in [5.41, 5.74) is 3.81. The van der Waals surface area contributed by atoms with Crippen molar-refractivity contribution in [2.75, 3.05) is 23.9 Å². The highest BCUT2D eigenvalue weighted by molar-refractivity contribution is 7.09. The molecule has 0 radical (unpaired) electrons. The van der Waals surface area contributed by atoms with E-state index in [0.29, 0.717) is 29.3 Å². The summed E-state index contributed by atoms with van der Waals surface area (Å²) in [7, 11) is 1.55. The maximum Gasteiger partial charge on any atom is 0.268 e. The molecule has 1 aliphatic rings. The van der Waals surface area contributed by atoms with Crippen molar-refractivity contribution in [1.29, 1.82) is 0 Å². The van der Waals surface area contributed by atoms with E-state index in [4.69, 9.17) is 9.47 Å². The van der Waals surface area contributed by atoms with Gasteiger partial charge in [0.2, 0.25) is 5.91 Å². The zero-order valence-corrected chi connectivity index (χ0v) is 19.3. The first-order valence-electron chi connectivity index (χ1n) is 10.4. The fraction of sp³-hybridized carbons (Fsp3) is 0.292. The first kappa shape index (κ1) is 21.8. The van der Waals surface area contributed by atoms with Crippen LogP contribution in [0.1, 0.15) is 23.9 Å². The number of fused-ring (bicyclic) bond motifs is 1. The first-order valence-corrected chi connectivity index (χ1v) is 11.3. The third kappa shape index (κ3) is 4.31. The van der Waals surface area contributed by atoms with Gasteiger partial charge >= 0.3 is 0 Å². The van der Waals surface area contributed by atoms with Crippen LogP contribution in [0.2, 0.25) is 0 Å². The van der Waals surface area contributed by atoms with E-state index in [0.717, 1.165) is 21.8 Å². The quantitative estimate of drug-likeness (QED) is 0.593. The van der Waals surface area contributed by atoms with Crippen molar-refractivity contribution < 1.29 is 19.1 Å². The second kappa shape index (κ2) is 9.00. The summed E-state index contributed by atoms with van der Waals surface area (Å²) in [5, 5.41) is 5.80. The number of aryl methyl sites for hydroxylation is 2. The lowest BCUT2D eigenvalue weighted by Gasteiger charge is -2.34. The predicted molar refractivity (Wildman–Crippen MR) is 126 cm³/mol. The molecule has 2 heterocycles. The molecule has 4 rings (SSSR count). The molecule has 3 aromatic rings. The van der Waals surface area contributed by atoms with Gasteiger partial charge in [-0.15, -0.1) is 11.3 Å². The number of ether oxygens (including phenoxy) is 2. The Morgan fingerprint density at radius 1 is 1.25 bits per heavy atom. The van der Waals surface area contributed by atoms with Gasteiger partial charge in [0.15, 0.2) is 6.10 Å². The molecule has 1 atom stereocenters. The van der Waals surface area contributed by atoms with Gasteiger partial charge in [0.05, 0.1) is 29.2 Å². The van der Waals surface area contributed by atoms with E-state index >= 15 is 0 Å². The van der Waals surface area contributed by atoms with Crippen molar-refractivity contribution in [3.05, 3.63) is 52.3 Å². The molecule has 7 nitrogen and oxygen atoms in total. The van der Waals surface area contributed by atoms with Crippen LogP contribution < -0.4 is 19.7 Å². The molecule has 166 valence electrons. The molecule has 0 saturated heterocycles. The number of aromatic nitrogens is 1. The highest BCUT2D eigenvalue weighted by Crippen LogP contribution is 2.38. The molecule has 2 amide bonds. The van der Waals surface area contributed by atoms with Crippen LogP contribution in [0.3, 0.4) is 0 Å². The SMILES string of the molecule is CCC1Oc2ccc(-c3csc(C)n3)cc2N(CC(=O)Nc2cc(C)ccc2OC)C1=O. The van der Waals surface area contributed by atoms with Crippen molar-refractivity contribution in [2.45, 2.75) is 33.3 Å². The minimum atomic E-state index is -0.629. The van der Waals surface area contributed by atoms with Crippen molar-refractivity contribution in [3.8, 4) is 22.8 Å². The summed E-state index contributed by atoms with van der Waals surface area (Å²) in [6, 6.07) is 11.2. The zero-order chi connectivity index (χ0) is 22.8. The van der Waals surface area contributed by atoms with Crippen molar-refractivity contribution in [1.82, 2.24) is 4.98 Å². The van der Waals surface area contributed by atoms with Crippen LogP contribution in [-0.2, 0) is 9.59 Å². The molecule has 1 aliphatic heterocycles. The van der Waals surface area contributed by atoms with E-state index in [1.807, 2.05) is 56.5 Å². The van der Waals surface area contributed by atoms with Gasteiger partial charge in [0.1, 0.15) is 18.0 Å². The van der Waals surface area contributed by atoms with E-state index in [-0.39, 0.29) is 18.4 Å². The topological polar surface area (TPSA) is 80.8 Å². The van der Waals surface area contributed by atoms with E-state index < -0.39 is 6.10 Å². The number of nitrogens with zero attached hydrogens (tertiary/aromatic N) is 2. The minimum Gasteiger partial charge on any atom is -0.495 e. The van der Waals surface area contributed by atoms with Gasteiger partial charge in [0.25, 0.3) is 5.91 Å². The van der Waals surface area contributed by atoms with Gasteiger partial charge in [-0.05, 0) is 56.2 Å². The number of nitrogens with one attached hydrogen (secondary N) is 1. The predicted octanol–water partition coefficient (Wildman–Crippen LogP) is 4.58. The second-order valence-electron chi connectivity index (χ2n) is 7.63. The van der Waals surface area contributed by atoms with E-state index in [2.05, 4.69) is 10.3 Å². The highest BCUT2D eigenvalue weighted by Gasteiger charge is 2.35. The molecule has 1 aromatic heterocycles. The number of anilines is 2. The molecular weight excluding hydrogens is 426 g/mol. The van der Waals surface area contributed by atoms with Gasteiger partial charge in [-0.1, -0.05) is 13.0 Å². The molecular formula is C24H25N3O4S. The lowest BCUT2D eigenvalue weighted by Crippen LogP contribution is -2.48. The highest BCUT2D eigenvalue weighted by atomic mass is 32.1. The number of hydrogen-bond donors (Lipinski definition) is 1. The summed E-state index contributed by atoms with van der Waals surface area (Å²) in [4.78, 5) is 32.1. The summed E-state index contributed by atoms with van der Waals surface area (Å²) >= 11 is 1.56. The number of carbonyl (C=O) groups excluding carboxylic acids is 2. The molecule has 2 aromatic carbocycles. The third-order valence-electron chi connectivity index (χ3n) is 5.28. The standard InChI is InChI=1S/C24H25N3O4S/c1-5-20-24(29)27(12-23(28)26-17-10-14(2)6-8-21(17)30-4)19-11-16(7-9-22(19)31-20)18-13-32-15(3)25-18/h6-11,13,20H,5,12H2,1-4H3,(H,26,28). The smallest absolute Gasteiger partial charge is 0.268 e. The maximum atomic E-state index is 13.1. The summed E-state index contributed by atoms with van der Waals surface area (Å²) in [5.74, 6) is 0.580. The summed E-state index contributed by atoms with van der Waals surface area (Å²) in [6.07, 6.45) is -0.119. The van der Waals surface area contributed by atoms with Crippen LogP contribution in [0.25, 0.3) is 11.3 Å². The monoisotopic (exact) mass is 451 g/mol. The van der Waals surface area contributed by atoms with Gasteiger partial charge in [-0.2, -0.15) is 0 Å². The van der Waals surface area contributed by atoms with Crippen LogP contribution in [0.4, 0.5) is 11.4 Å². The normalized spacial score (nSPS) is 15.2. The van der Waals surface area contributed by atoms with E-state index in [1.54, 1.807) is 24.5 Å². The number of benzene rings is 2. The largest absolute Gasteiger partial charge is 0.495 e. The Labute approximate surface area is 191 Å². The van der Waals surface area contributed by atoms with Gasteiger partial charge in [-0.25, -0.2) is 4.98 Å². The Hall–Kier alpha value is -3.39. The second-order valence-corrected chi connectivity index (χ2v) is 8.69. The van der Waals surface area contributed by atoms with Gasteiger partial charge in [0, 0.05) is 10.9 Å². The number of carbonyl (C=O) groups is 2. The number of rotatable bonds is 6. The minimum absolute atomic E-state index is 0.137. The molecule has 8 heteroatoms. The van der Waals surface area contributed by atoms with Crippen LogP contribution in [0.5, 0.6) is 11.5 Å². The third-order valence-corrected chi connectivity index (χ3v) is 6.05. The summed E-state index contributed by atoms with van der Waals surface area (Å²) in [6.45, 7) is 5.63. The molecule has 0 bridgehead atoms. The van der Waals surface area contributed by atoms with Crippen LogP contribution in [0, 0.1) is 13.8 Å². The van der Waals surface area contributed by atoms with E-state index in [9.17, 15) is 9.59 Å². The Balaban J connectivity index is 1.64. The molecule has 1 unspecified atom stereocenters. The van der Waals surface area contributed by atoms with Crippen molar-refractivity contribution in [2.24, 2.45) is 0 Å². The molecule has 0 saturated carbocycles. The lowest BCUT2D eigenvalue weighted by atomic mass is 10.1. The number of hydrogen-bond acceptors (Lipinski definition) is 6. The molecule has 0 aliphatic carbocycles. The lowest BCUT2D eigenvalue weighted by molar-refractivity contribution is -0.128. The molecule has 0 spiro atoms. The number of methoxy groups -OCH3 is 1. The van der Waals surface area contributed by atoms with Crippen LogP contribution in [0.15, 0.2) is 41.8 Å². The average molecular weight is 452 g/mol. The van der Waals surface area contributed by atoms with Crippen LogP contribution in [-0.4, -0.2) is 36.6 Å². The van der Waals surface area contributed by atoms with Crippen molar-refractivity contribution >= 4 is 34.5 Å². The Morgan fingerprint density at radius 2 is 2.06 bits per heavy atom. The first-order chi connectivity index (χ1) is 15.4. The van der Waals surface area contributed by atoms with Crippen LogP contribution >= 0.6 is 11.3 Å². The van der Waals surface area contributed by atoms with E-state index in [1.165, 1.54) is 4.90 Å². The van der Waals surface area contributed by atoms with Crippen molar-refractivity contribution in [3.63, 3.8) is 0 Å². The number of amides is 2. The van der Waals surface area contributed by atoms with Gasteiger partial charge < -0.3 is 14.8 Å². The molecule has 32 heavy (non-hydrogen) atoms. The number of thiazole rings is 1.